The summed E-state index contributed by atoms with van der Waals surface area (Å²) in [6.07, 6.45) is 14.9. The van der Waals surface area contributed by atoms with Crippen molar-refractivity contribution in [2.24, 2.45) is 0 Å². The zero-order chi connectivity index (χ0) is 54.8. The van der Waals surface area contributed by atoms with Crippen molar-refractivity contribution >= 4 is 5.91 Å². The molecule has 0 saturated carbocycles. The number of aliphatic hydroxyl groups excluding tert-OH is 11. The minimum absolute atomic E-state index is 0.236. The van der Waals surface area contributed by atoms with Crippen LogP contribution < -0.4 is 5.32 Å². The number of rotatable bonds is 40. The van der Waals surface area contributed by atoms with E-state index in [1.807, 2.05) is 0 Å². The molecular formula is C56H99NO18. The summed E-state index contributed by atoms with van der Waals surface area (Å²) < 4.78 is 34.2. The highest BCUT2D eigenvalue weighted by Crippen LogP contribution is 2.33. The van der Waals surface area contributed by atoms with Gasteiger partial charge in [0.25, 0.3) is 0 Å². The largest absolute Gasteiger partial charge is 0.394 e. The third-order valence-corrected chi connectivity index (χ3v) is 14.2. The van der Waals surface area contributed by atoms with Crippen molar-refractivity contribution in [2.75, 3.05) is 26.4 Å². The predicted octanol–water partition coefficient (Wildman–Crippen LogP) is 3.92. The average Bonchev–Trinajstić information content (AvgIpc) is 3.41. The summed E-state index contributed by atoms with van der Waals surface area (Å²) in [5.41, 5.74) is 0. The van der Waals surface area contributed by atoms with Gasteiger partial charge in [0.05, 0.1) is 38.6 Å². The van der Waals surface area contributed by atoms with Crippen molar-refractivity contribution in [1.82, 2.24) is 5.32 Å². The van der Waals surface area contributed by atoms with E-state index in [-0.39, 0.29) is 18.9 Å². The second-order valence-electron chi connectivity index (χ2n) is 20.4. The molecule has 19 heteroatoms. The summed E-state index contributed by atoms with van der Waals surface area (Å²) in [6.45, 7) is 1.62. The van der Waals surface area contributed by atoms with Crippen LogP contribution in [0.3, 0.4) is 0 Å². The molecule has 75 heavy (non-hydrogen) atoms. The molecule has 12 N–H and O–H groups in total. The minimum Gasteiger partial charge on any atom is -0.394 e. The first-order valence-corrected chi connectivity index (χ1v) is 28.4. The Hall–Kier alpha value is -2.25. The van der Waals surface area contributed by atoms with Crippen molar-refractivity contribution in [2.45, 2.75) is 272 Å². The fourth-order valence-corrected chi connectivity index (χ4v) is 9.48. The van der Waals surface area contributed by atoms with E-state index < -0.39 is 124 Å². The number of unbranched alkanes of at least 4 members (excludes halogenated alkanes) is 16. The molecule has 0 aromatic rings. The number of carbonyl (C=O) groups is 1. The highest BCUT2D eigenvalue weighted by atomic mass is 16.8. The van der Waals surface area contributed by atoms with Gasteiger partial charge in [-0.1, -0.05) is 159 Å². The summed E-state index contributed by atoms with van der Waals surface area (Å²) in [7, 11) is 0. The Morgan fingerprint density at radius 2 is 0.920 bits per heavy atom. The third kappa shape index (κ3) is 24.8. The molecule has 3 aliphatic rings. The van der Waals surface area contributed by atoms with Crippen molar-refractivity contribution in [3.63, 3.8) is 0 Å². The first-order chi connectivity index (χ1) is 36.3. The number of hydrogen-bond acceptors (Lipinski definition) is 18. The molecule has 0 aliphatic carbocycles. The van der Waals surface area contributed by atoms with Crippen LogP contribution in [0, 0.1) is 0 Å². The van der Waals surface area contributed by atoms with Crippen LogP contribution in [0.2, 0.25) is 0 Å². The lowest BCUT2D eigenvalue weighted by Gasteiger charge is -2.48. The monoisotopic (exact) mass is 1070 g/mol. The molecule has 17 atom stereocenters. The third-order valence-electron chi connectivity index (χ3n) is 14.2. The molecular weight excluding hydrogens is 975 g/mol. The molecule has 0 spiro atoms. The Kier molecular flexibility index (Phi) is 35.8. The molecule has 17 unspecified atom stereocenters. The maximum Gasteiger partial charge on any atom is 0.220 e. The zero-order valence-corrected chi connectivity index (χ0v) is 45.0. The SMILES string of the molecule is CC/C=C\C/C=C\C/C=C\C/C=C\CCCCCCC(=O)NC(COC1OC(CO)C(OC2OC(CO)C(OC3OC(CO)C(O)C(O)C3O)C(O)C2O)C(O)C1O)C(O)CCCCCCCCCCCCCCC. The van der Waals surface area contributed by atoms with Gasteiger partial charge in [0, 0.05) is 6.42 Å². The quantitative estimate of drug-likeness (QED) is 0.0306. The molecule has 3 fully saturated rings. The average molecular weight is 1070 g/mol. The van der Waals surface area contributed by atoms with Gasteiger partial charge < -0.3 is 89.9 Å². The van der Waals surface area contributed by atoms with Gasteiger partial charge in [-0.3, -0.25) is 4.79 Å². The van der Waals surface area contributed by atoms with E-state index in [1.165, 1.54) is 57.8 Å². The van der Waals surface area contributed by atoms with E-state index in [4.69, 9.17) is 28.4 Å². The standard InChI is InChI=1S/C56H99NO18/c1-3-5-7-9-11-13-15-17-18-19-20-22-24-26-28-30-32-34-44(62)57-39(40(61)33-31-29-27-25-23-21-16-14-12-10-8-6-4-2)38-70-54-50(68)47(65)52(42(36-59)72-54)75-56-51(69)48(66)53(43(37-60)73-56)74-55-49(67)46(64)45(63)41(35-58)71-55/h5,7,11,13,17-18,20,22,39-43,45-56,58-61,63-69H,3-4,6,8-10,12,14-16,19,21,23-38H2,1-2H3,(H,57,62)/b7-5-,13-11-,18-17-,22-20-. The number of hydrogen-bond donors (Lipinski definition) is 12. The smallest absolute Gasteiger partial charge is 0.220 e. The number of nitrogens with one attached hydrogen (secondary N) is 1. The summed E-state index contributed by atoms with van der Waals surface area (Å²) in [5.74, 6) is -0.269. The number of amides is 1. The van der Waals surface area contributed by atoms with Crippen molar-refractivity contribution in [3.05, 3.63) is 48.6 Å². The van der Waals surface area contributed by atoms with Gasteiger partial charge in [-0.15, -0.1) is 0 Å². The minimum atomic E-state index is -1.97. The Morgan fingerprint density at radius 3 is 1.44 bits per heavy atom. The lowest BCUT2D eigenvalue weighted by atomic mass is 9.96. The van der Waals surface area contributed by atoms with Crippen LogP contribution in [0.1, 0.15) is 168 Å². The first kappa shape index (κ1) is 67.0. The second-order valence-corrected chi connectivity index (χ2v) is 20.4. The van der Waals surface area contributed by atoms with Gasteiger partial charge in [-0.2, -0.15) is 0 Å². The molecule has 19 nitrogen and oxygen atoms in total. The van der Waals surface area contributed by atoms with E-state index in [9.17, 15) is 61.0 Å². The Labute approximate surface area is 446 Å². The van der Waals surface area contributed by atoms with Crippen LogP contribution in [0.4, 0.5) is 0 Å². The van der Waals surface area contributed by atoms with Crippen LogP contribution in [-0.2, 0) is 33.2 Å². The lowest BCUT2D eigenvalue weighted by molar-refractivity contribution is -0.379. The van der Waals surface area contributed by atoms with Gasteiger partial charge in [-0.05, 0) is 51.4 Å². The topological polar surface area (TPSA) is 307 Å². The first-order valence-electron chi connectivity index (χ1n) is 28.4. The maximum absolute atomic E-state index is 13.3. The molecule has 3 saturated heterocycles. The van der Waals surface area contributed by atoms with E-state index >= 15 is 0 Å². The maximum atomic E-state index is 13.3. The molecule has 0 aromatic heterocycles. The molecule has 3 aliphatic heterocycles. The molecule has 0 aromatic carbocycles. The summed E-state index contributed by atoms with van der Waals surface area (Å²) in [4.78, 5) is 13.3. The summed E-state index contributed by atoms with van der Waals surface area (Å²) in [5, 5.41) is 120. The van der Waals surface area contributed by atoms with Crippen LogP contribution in [0.5, 0.6) is 0 Å². The van der Waals surface area contributed by atoms with Gasteiger partial charge >= 0.3 is 0 Å². The van der Waals surface area contributed by atoms with E-state index in [0.717, 1.165) is 77.0 Å². The van der Waals surface area contributed by atoms with Gasteiger partial charge in [0.1, 0.15) is 73.2 Å². The number of aliphatic hydroxyl groups is 11. The summed E-state index contributed by atoms with van der Waals surface area (Å²) >= 11 is 0. The fraction of sp³-hybridized carbons (Fsp3) is 0.839. The molecule has 436 valence electrons. The zero-order valence-electron chi connectivity index (χ0n) is 45.0. The van der Waals surface area contributed by atoms with E-state index in [2.05, 4.69) is 67.8 Å². The van der Waals surface area contributed by atoms with Crippen LogP contribution >= 0.6 is 0 Å². The highest BCUT2D eigenvalue weighted by molar-refractivity contribution is 5.76. The molecule has 0 radical (unpaired) electrons. The molecule has 3 rings (SSSR count). The summed E-state index contributed by atoms with van der Waals surface area (Å²) in [6, 6.07) is -0.900. The molecule has 1 amide bonds. The normalized spacial score (nSPS) is 31.6. The van der Waals surface area contributed by atoms with Crippen LogP contribution in [-0.4, -0.2) is 193 Å². The number of ether oxygens (including phenoxy) is 6. The van der Waals surface area contributed by atoms with E-state index in [1.54, 1.807) is 0 Å². The Balaban J connectivity index is 1.53. The van der Waals surface area contributed by atoms with Gasteiger partial charge in [0.2, 0.25) is 5.91 Å². The van der Waals surface area contributed by atoms with Crippen LogP contribution in [0.25, 0.3) is 0 Å². The Morgan fingerprint density at radius 1 is 0.493 bits per heavy atom. The van der Waals surface area contributed by atoms with Crippen molar-refractivity contribution in [3.8, 4) is 0 Å². The van der Waals surface area contributed by atoms with Gasteiger partial charge in [0.15, 0.2) is 18.9 Å². The van der Waals surface area contributed by atoms with Crippen molar-refractivity contribution < 1.29 is 89.4 Å². The predicted molar refractivity (Wildman–Crippen MR) is 282 cm³/mol. The second kappa shape index (κ2) is 40.0. The molecule has 0 bridgehead atoms. The highest BCUT2D eigenvalue weighted by Gasteiger charge is 2.53. The number of allylic oxidation sites excluding steroid dienone is 8. The lowest BCUT2D eigenvalue weighted by Crippen LogP contribution is -2.66. The molecule has 3 heterocycles. The fourth-order valence-electron chi connectivity index (χ4n) is 9.48. The Bertz CT molecular complexity index is 1570. The van der Waals surface area contributed by atoms with E-state index in [0.29, 0.717) is 12.8 Å². The van der Waals surface area contributed by atoms with Crippen LogP contribution in [0.15, 0.2) is 48.6 Å². The van der Waals surface area contributed by atoms with Gasteiger partial charge in [-0.25, -0.2) is 0 Å². The van der Waals surface area contributed by atoms with Crippen molar-refractivity contribution in [1.29, 1.82) is 0 Å². The number of carbonyl (C=O) groups excluding carboxylic acids is 1.